The van der Waals surface area contributed by atoms with Crippen LogP contribution in [0, 0.1) is 24.5 Å². The second kappa shape index (κ2) is 12.2. The van der Waals surface area contributed by atoms with Gasteiger partial charge in [-0.1, -0.05) is 73.2 Å². The van der Waals surface area contributed by atoms with Crippen LogP contribution >= 0.6 is 0 Å². The molecule has 3 aromatic carbocycles. The fraction of sp³-hybridized carbons (Fsp3) is 0.375. The van der Waals surface area contributed by atoms with Gasteiger partial charge in [0.05, 0.1) is 6.61 Å². The molecule has 0 unspecified atom stereocenters. The summed E-state index contributed by atoms with van der Waals surface area (Å²) in [4.78, 5) is 0. The third-order valence-electron chi connectivity index (χ3n) is 7.10. The predicted molar refractivity (Wildman–Crippen MR) is 141 cm³/mol. The molecular weight excluding hydrogens is 438 g/mol. The van der Waals surface area contributed by atoms with Crippen molar-refractivity contribution in [1.29, 1.82) is 0 Å². The predicted octanol–water partition coefficient (Wildman–Crippen LogP) is 9.19. The normalized spacial score (nSPS) is 18.2. The van der Waals surface area contributed by atoms with Gasteiger partial charge in [-0.15, -0.1) is 0 Å². The molecular formula is C32H36F2O. The standard InChI is InChI=1S/C32H36F2O/c1-3-22-35-30-21-20-29(31(33)32(30)34)28-18-16-27(17-19-28)26-14-12-25(13-15-26)7-5-4-6-24-10-8-23(2)9-11-24/h5,7-11,16-21,25-26H,3-4,6,12-15,22H2,1-2H3/b7-5+. The number of aryl methyl sites for hydroxylation is 2. The maximum Gasteiger partial charge on any atom is 0.201 e. The van der Waals surface area contributed by atoms with Gasteiger partial charge >= 0.3 is 0 Å². The summed E-state index contributed by atoms with van der Waals surface area (Å²) in [5, 5.41) is 0. The van der Waals surface area contributed by atoms with Crippen LogP contribution in [-0.2, 0) is 6.42 Å². The molecule has 35 heavy (non-hydrogen) atoms. The highest BCUT2D eigenvalue weighted by Crippen LogP contribution is 2.37. The minimum absolute atomic E-state index is 0.0225. The fourth-order valence-electron chi connectivity index (χ4n) is 4.95. The maximum absolute atomic E-state index is 14.7. The second-order valence-electron chi connectivity index (χ2n) is 9.77. The van der Waals surface area contributed by atoms with E-state index in [1.54, 1.807) is 6.07 Å². The fourth-order valence-corrected chi connectivity index (χ4v) is 4.95. The molecule has 0 N–H and O–H groups in total. The summed E-state index contributed by atoms with van der Waals surface area (Å²) in [5.41, 5.74) is 4.97. The monoisotopic (exact) mass is 474 g/mol. The molecule has 0 atom stereocenters. The Morgan fingerprint density at radius 2 is 1.57 bits per heavy atom. The van der Waals surface area contributed by atoms with Crippen molar-refractivity contribution in [3.05, 3.63) is 101 Å². The third-order valence-corrected chi connectivity index (χ3v) is 7.10. The Balaban J connectivity index is 1.29. The van der Waals surface area contributed by atoms with Crippen LogP contribution in [0.2, 0.25) is 0 Å². The Hall–Kier alpha value is -2.94. The van der Waals surface area contributed by atoms with Gasteiger partial charge < -0.3 is 4.74 Å². The highest BCUT2D eigenvalue weighted by molar-refractivity contribution is 5.65. The number of rotatable bonds is 9. The zero-order chi connectivity index (χ0) is 24.6. The van der Waals surface area contributed by atoms with E-state index in [2.05, 4.69) is 55.5 Å². The molecule has 1 nitrogen and oxygen atoms in total. The van der Waals surface area contributed by atoms with Crippen molar-refractivity contribution in [1.82, 2.24) is 0 Å². The lowest BCUT2D eigenvalue weighted by Crippen LogP contribution is -2.11. The molecule has 0 bridgehead atoms. The van der Waals surface area contributed by atoms with Gasteiger partial charge in [-0.2, -0.15) is 4.39 Å². The maximum atomic E-state index is 14.7. The van der Waals surface area contributed by atoms with Gasteiger partial charge in [-0.25, -0.2) is 4.39 Å². The molecule has 0 radical (unpaired) electrons. The van der Waals surface area contributed by atoms with Gasteiger partial charge in [0.2, 0.25) is 5.82 Å². The van der Waals surface area contributed by atoms with Gasteiger partial charge in [0.15, 0.2) is 11.6 Å². The largest absolute Gasteiger partial charge is 0.490 e. The number of ether oxygens (including phenoxy) is 1. The van der Waals surface area contributed by atoms with E-state index in [9.17, 15) is 8.78 Å². The van der Waals surface area contributed by atoms with Gasteiger partial charge in [-0.05, 0) is 92.5 Å². The van der Waals surface area contributed by atoms with Crippen LogP contribution in [0.4, 0.5) is 8.78 Å². The summed E-state index contributed by atoms with van der Waals surface area (Å²) in [6, 6.07) is 19.9. The van der Waals surface area contributed by atoms with E-state index >= 15 is 0 Å². The van der Waals surface area contributed by atoms with Crippen molar-refractivity contribution < 1.29 is 13.5 Å². The molecule has 0 spiro atoms. The van der Waals surface area contributed by atoms with E-state index < -0.39 is 11.6 Å². The van der Waals surface area contributed by atoms with Crippen LogP contribution in [0.25, 0.3) is 11.1 Å². The van der Waals surface area contributed by atoms with E-state index in [0.717, 1.165) is 19.3 Å². The zero-order valence-electron chi connectivity index (χ0n) is 20.9. The number of halogens is 2. The minimum Gasteiger partial charge on any atom is -0.490 e. The SMILES string of the molecule is CCCOc1ccc(-c2ccc(C3CCC(/C=C/CCc4ccc(C)cc4)CC3)cc2)c(F)c1F. The lowest BCUT2D eigenvalue weighted by Gasteiger charge is -2.27. The van der Waals surface area contributed by atoms with Crippen LogP contribution in [0.1, 0.15) is 68.1 Å². The molecule has 1 aliphatic carbocycles. The Morgan fingerprint density at radius 1 is 0.857 bits per heavy atom. The Bertz CT molecular complexity index is 1110. The average Bonchev–Trinajstić information content (AvgIpc) is 2.89. The van der Waals surface area contributed by atoms with Gasteiger partial charge in [0.1, 0.15) is 0 Å². The summed E-state index contributed by atoms with van der Waals surface area (Å²) in [7, 11) is 0. The van der Waals surface area contributed by atoms with E-state index in [-0.39, 0.29) is 11.3 Å². The van der Waals surface area contributed by atoms with Crippen LogP contribution in [0.3, 0.4) is 0 Å². The van der Waals surface area contributed by atoms with Crippen molar-refractivity contribution >= 4 is 0 Å². The van der Waals surface area contributed by atoms with Crippen LogP contribution in [0.5, 0.6) is 5.75 Å². The first-order valence-corrected chi connectivity index (χ1v) is 13.0. The van der Waals surface area contributed by atoms with Crippen molar-refractivity contribution in [3.63, 3.8) is 0 Å². The van der Waals surface area contributed by atoms with Crippen LogP contribution < -0.4 is 4.74 Å². The van der Waals surface area contributed by atoms with Gasteiger partial charge in [0.25, 0.3) is 0 Å². The first-order chi connectivity index (χ1) is 17.0. The summed E-state index contributed by atoms with van der Waals surface area (Å²) in [5.74, 6) is -0.585. The Kier molecular flexibility index (Phi) is 8.74. The molecule has 0 aromatic heterocycles. The molecule has 1 saturated carbocycles. The van der Waals surface area contributed by atoms with Gasteiger partial charge in [0, 0.05) is 5.56 Å². The number of hydrogen-bond donors (Lipinski definition) is 0. The number of hydrogen-bond acceptors (Lipinski definition) is 1. The summed E-state index contributed by atoms with van der Waals surface area (Å²) in [6.07, 6.45) is 12.4. The van der Waals surface area contributed by atoms with E-state index in [4.69, 9.17) is 4.74 Å². The molecule has 0 aliphatic heterocycles. The zero-order valence-corrected chi connectivity index (χ0v) is 20.9. The topological polar surface area (TPSA) is 9.23 Å². The quantitative estimate of drug-likeness (QED) is 0.281. The van der Waals surface area contributed by atoms with E-state index in [1.807, 2.05) is 19.1 Å². The number of benzene rings is 3. The molecule has 3 heteroatoms. The van der Waals surface area contributed by atoms with Crippen molar-refractivity contribution in [2.24, 2.45) is 5.92 Å². The summed E-state index contributed by atoms with van der Waals surface area (Å²) < 4.78 is 34.3. The minimum atomic E-state index is -0.912. The lowest BCUT2D eigenvalue weighted by molar-refractivity contribution is 0.295. The summed E-state index contributed by atoms with van der Waals surface area (Å²) in [6.45, 7) is 4.43. The van der Waals surface area contributed by atoms with Gasteiger partial charge in [-0.3, -0.25) is 0 Å². The molecule has 3 aromatic rings. The Morgan fingerprint density at radius 3 is 2.26 bits per heavy atom. The van der Waals surface area contributed by atoms with Crippen molar-refractivity contribution in [2.75, 3.05) is 6.61 Å². The second-order valence-corrected chi connectivity index (χ2v) is 9.77. The molecule has 1 fully saturated rings. The summed E-state index contributed by atoms with van der Waals surface area (Å²) >= 11 is 0. The lowest BCUT2D eigenvalue weighted by atomic mass is 9.78. The molecule has 0 heterocycles. The molecule has 184 valence electrons. The smallest absolute Gasteiger partial charge is 0.201 e. The van der Waals surface area contributed by atoms with Crippen LogP contribution in [-0.4, -0.2) is 6.61 Å². The highest BCUT2D eigenvalue weighted by Gasteiger charge is 2.21. The Labute approximate surface area is 208 Å². The molecule has 4 rings (SSSR count). The third kappa shape index (κ3) is 6.60. The molecule has 1 aliphatic rings. The van der Waals surface area contributed by atoms with Crippen molar-refractivity contribution in [3.8, 4) is 16.9 Å². The average molecular weight is 475 g/mol. The highest BCUT2D eigenvalue weighted by atomic mass is 19.2. The first kappa shape index (κ1) is 25.2. The van der Waals surface area contributed by atoms with E-state index in [1.165, 1.54) is 48.4 Å². The first-order valence-electron chi connectivity index (χ1n) is 13.0. The van der Waals surface area contributed by atoms with Crippen LogP contribution in [0.15, 0.2) is 72.8 Å². The molecule has 0 amide bonds. The number of allylic oxidation sites excluding steroid dienone is 2. The molecule has 0 saturated heterocycles. The van der Waals surface area contributed by atoms with E-state index in [0.29, 0.717) is 24.0 Å². The van der Waals surface area contributed by atoms with Crippen molar-refractivity contribution in [2.45, 2.75) is 64.7 Å².